The van der Waals surface area contributed by atoms with Gasteiger partial charge in [-0.05, 0) is 32.0 Å². The number of amides is 1. The number of carbonyl (C=O) groups excluding carboxylic acids is 2. The average molecular weight is 369 g/mol. The summed E-state index contributed by atoms with van der Waals surface area (Å²) in [6.45, 7) is 3.56. The second-order valence-electron chi connectivity index (χ2n) is 4.83. The Morgan fingerprint density at radius 1 is 1.38 bits per heavy atom. The molecular weight excluding hydrogens is 352 g/mol. The highest BCUT2D eigenvalue weighted by Gasteiger charge is 2.21. The van der Waals surface area contributed by atoms with Crippen LogP contribution in [-0.4, -0.2) is 37.1 Å². The normalized spacial score (nSPS) is 10.3. The highest BCUT2D eigenvalue weighted by Crippen LogP contribution is 2.26. The number of aromatic nitrogens is 1. The maximum absolute atomic E-state index is 12.2. The third-order valence-corrected chi connectivity index (χ3v) is 4.51. The zero-order valence-corrected chi connectivity index (χ0v) is 15.1. The number of benzene rings is 1. The molecule has 0 aliphatic heterocycles. The number of nitrogens with zero attached hydrogens (tertiary/aromatic N) is 2. The third-order valence-electron chi connectivity index (χ3n) is 3.07. The molecule has 24 heavy (non-hydrogen) atoms. The Kier molecular flexibility index (Phi) is 6.16. The molecule has 1 aromatic carbocycles. The molecule has 0 aliphatic carbocycles. The fraction of sp³-hybridized carbons (Fsp3) is 0.312. The summed E-state index contributed by atoms with van der Waals surface area (Å²) in [7, 11) is 1.58. The summed E-state index contributed by atoms with van der Waals surface area (Å²) in [5.74, 6) is -0.222. The number of ether oxygens (including phenoxy) is 2. The zero-order valence-electron chi connectivity index (χ0n) is 13.5. The molecule has 0 bridgehead atoms. The van der Waals surface area contributed by atoms with Crippen LogP contribution < -0.4 is 9.64 Å². The van der Waals surface area contributed by atoms with Gasteiger partial charge in [-0.2, -0.15) is 0 Å². The van der Waals surface area contributed by atoms with Gasteiger partial charge in [0.05, 0.1) is 12.3 Å². The van der Waals surface area contributed by atoms with Gasteiger partial charge in [0.25, 0.3) is 5.91 Å². The van der Waals surface area contributed by atoms with E-state index in [2.05, 4.69) is 4.98 Å². The molecule has 0 fully saturated rings. The van der Waals surface area contributed by atoms with Gasteiger partial charge in [0.15, 0.2) is 11.7 Å². The number of hydrogen-bond donors (Lipinski definition) is 0. The van der Waals surface area contributed by atoms with Crippen molar-refractivity contribution in [3.8, 4) is 5.75 Å². The van der Waals surface area contributed by atoms with Crippen molar-refractivity contribution < 1.29 is 19.1 Å². The maximum Gasteiger partial charge on any atom is 0.350 e. The van der Waals surface area contributed by atoms with Crippen LogP contribution in [0.15, 0.2) is 24.3 Å². The second-order valence-corrected chi connectivity index (χ2v) is 6.24. The highest BCUT2D eigenvalue weighted by molar-refractivity contribution is 7.17. The summed E-state index contributed by atoms with van der Waals surface area (Å²) in [5.41, 5.74) is 0.531. The van der Waals surface area contributed by atoms with Gasteiger partial charge in [0, 0.05) is 12.1 Å². The minimum atomic E-state index is -0.435. The Morgan fingerprint density at radius 3 is 2.79 bits per heavy atom. The van der Waals surface area contributed by atoms with Crippen LogP contribution in [0, 0.1) is 6.92 Å². The van der Waals surface area contributed by atoms with Crippen LogP contribution in [0.25, 0.3) is 0 Å². The van der Waals surface area contributed by atoms with E-state index >= 15 is 0 Å². The standard InChI is InChI=1S/C16H17ClN2O4S/c1-4-22-15(21)14-10(2)18-16(24-14)19(3)13(20)9-23-12-7-5-6-11(17)8-12/h5-8H,4,9H2,1-3H3. The SMILES string of the molecule is CCOC(=O)c1sc(N(C)C(=O)COc2cccc(Cl)c2)nc1C. The molecule has 0 aliphatic rings. The Bertz CT molecular complexity index is 747. The van der Waals surface area contributed by atoms with Crippen molar-refractivity contribution in [2.45, 2.75) is 13.8 Å². The molecule has 1 aromatic heterocycles. The topological polar surface area (TPSA) is 68.7 Å². The molecule has 0 saturated heterocycles. The first-order valence-electron chi connectivity index (χ1n) is 7.21. The Hall–Kier alpha value is -2.12. The van der Waals surface area contributed by atoms with Crippen molar-refractivity contribution in [2.24, 2.45) is 0 Å². The average Bonchev–Trinajstić information content (AvgIpc) is 2.94. The Balaban J connectivity index is 2.02. The smallest absolute Gasteiger partial charge is 0.350 e. The second kappa shape index (κ2) is 8.12. The van der Waals surface area contributed by atoms with Crippen LogP contribution in [0.5, 0.6) is 5.75 Å². The van der Waals surface area contributed by atoms with Crippen molar-refractivity contribution in [2.75, 3.05) is 25.2 Å². The summed E-state index contributed by atoms with van der Waals surface area (Å²) in [5, 5.41) is 0.943. The van der Waals surface area contributed by atoms with E-state index < -0.39 is 5.97 Å². The van der Waals surface area contributed by atoms with E-state index in [4.69, 9.17) is 21.1 Å². The quantitative estimate of drug-likeness (QED) is 0.731. The first-order chi connectivity index (χ1) is 11.4. The largest absolute Gasteiger partial charge is 0.484 e. The summed E-state index contributed by atoms with van der Waals surface area (Å²) < 4.78 is 10.4. The van der Waals surface area contributed by atoms with Gasteiger partial charge >= 0.3 is 5.97 Å². The fourth-order valence-electron chi connectivity index (χ4n) is 1.82. The van der Waals surface area contributed by atoms with Crippen molar-refractivity contribution in [3.63, 3.8) is 0 Å². The van der Waals surface area contributed by atoms with Crippen molar-refractivity contribution >= 4 is 39.9 Å². The number of halogens is 1. The molecule has 8 heteroatoms. The minimum Gasteiger partial charge on any atom is -0.484 e. The zero-order chi connectivity index (χ0) is 17.7. The van der Waals surface area contributed by atoms with Gasteiger partial charge in [-0.25, -0.2) is 9.78 Å². The van der Waals surface area contributed by atoms with E-state index in [9.17, 15) is 9.59 Å². The lowest BCUT2D eigenvalue weighted by Gasteiger charge is -2.14. The number of esters is 1. The number of thiazole rings is 1. The lowest BCUT2D eigenvalue weighted by Crippen LogP contribution is -2.31. The number of carbonyl (C=O) groups is 2. The van der Waals surface area contributed by atoms with Gasteiger partial charge in [0.1, 0.15) is 10.6 Å². The molecule has 0 saturated carbocycles. The van der Waals surface area contributed by atoms with Crippen molar-refractivity contribution in [1.29, 1.82) is 0 Å². The van der Waals surface area contributed by atoms with E-state index in [-0.39, 0.29) is 19.1 Å². The van der Waals surface area contributed by atoms with E-state index in [0.717, 1.165) is 11.3 Å². The van der Waals surface area contributed by atoms with E-state index in [1.165, 1.54) is 4.90 Å². The predicted octanol–water partition coefficient (Wildman–Crippen LogP) is 3.32. The lowest BCUT2D eigenvalue weighted by atomic mass is 10.3. The van der Waals surface area contributed by atoms with Crippen LogP contribution in [0.4, 0.5) is 5.13 Å². The Morgan fingerprint density at radius 2 is 2.12 bits per heavy atom. The first kappa shape index (κ1) is 18.2. The molecule has 0 atom stereocenters. The first-order valence-corrected chi connectivity index (χ1v) is 8.41. The van der Waals surface area contributed by atoms with Gasteiger partial charge in [0.2, 0.25) is 0 Å². The molecule has 0 unspecified atom stereocenters. The number of rotatable bonds is 6. The van der Waals surface area contributed by atoms with Crippen LogP contribution in [0.3, 0.4) is 0 Å². The fourth-order valence-corrected chi connectivity index (χ4v) is 2.94. The molecule has 6 nitrogen and oxygen atoms in total. The van der Waals surface area contributed by atoms with Gasteiger partial charge in [-0.3, -0.25) is 9.69 Å². The summed E-state index contributed by atoms with van der Waals surface area (Å²) >= 11 is 6.98. The van der Waals surface area contributed by atoms with Crippen LogP contribution in [0.2, 0.25) is 5.02 Å². The number of hydrogen-bond acceptors (Lipinski definition) is 6. The van der Waals surface area contributed by atoms with Crippen LogP contribution in [-0.2, 0) is 9.53 Å². The highest BCUT2D eigenvalue weighted by atomic mass is 35.5. The van der Waals surface area contributed by atoms with Crippen LogP contribution >= 0.6 is 22.9 Å². The predicted molar refractivity (Wildman–Crippen MR) is 93.2 cm³/mol. The number of aryl methyl sites for hydroxylation is 1. The lowest BCUT2D eigenvalue weighted by molar-refractivity contribution is -0.120. The monoisotopic (exact) mass is 368 g/mol. The molecule has 2 rings (SSSR count). The molecule has 1 heterocycles. The van der Waals surface area contributed by atoms with E-state index in [1.54, 1.807) is 45.2 Å². The molecular formula is C16H17ClN2O4S. The molecule has 0 N–H and O–H groups in total. The summed E-state index contributed by atoms with van der Waals surface area (Å²) in [6.07, 6.45) is 0. The molecule has 0 radical (unpaired) electrons. The summed E-state index contributed by atoms with van der Waals surface area (Å²) in [4.78, 5) is 30.1. The number of likely N-dealkylation sites (N-methyl/N-ethyl adjacent to an activating group) is 1. The van der Waals surface area contributed by atoms with Gasteiger partial charge in [-0.1, -0.05) is 29.0 Å². The van der Waals surface area contributed by atoms with E-state index in [1.807, 2.05) is 0 Å². The van der Waals surface area contributed by atoms with E-state index in [0.29, 0.717) is 26.5 Å². The van der Waals surface area contributed by atoms with Crippen molar-refractivity contribution in [3.05, 3.63) is 39.9 Å². The maximum atomic E-state index is 12.2. The molecule has 1 amide bonds. The van der Waals surface area contributed by atoms with Crippen molar-refractivity contribution in [1.82, 2.24) is 4.98 Å². The molecule has 2 aromatic rings. The third kappa shape index (κ3) is 4.46. The minimum absolute atomic E-state index is 0.162. The summed E-state index contributed by atoms with van der Waals surface area (Å²) in [6, 6.07) is 6.80. The van der Waals surface area contributed by atoms with Gasteiger partial charge in [-0.15, -0.1) is 0 Å². The van der Waals surface area contributed by atoms with Crippen LogP contribution in [0.1, 0.15) is 22.3 Å². The number of anilines is 1. The van der Waals surface area contributed by atoms with Gasteiger partial charge < -0.3 is 9.47 Å². The molecule has 128 valence electrons. The Labute approximate surface area is 149 Å². The molecule has 0 spiro atoms.